The molecular formula is C32H40F3N5O. The fraction of sp³-hybridized carbons (Fsp3) is 0.562. The molecule has 2 atom stereocenters. The maximum absolute atomic E-state index is 13.3. The van der Waals surface area contributed by atoms with Gasteiger partial charge < -0.3 is 20.0 Å². The Morgan fingerprint density at radius 2 is 1.61 bits per heavy atom. The number of nitrogens with one attached hydrogen (secondary N) is 1. The van der Waals surface area contributed by atoms with Gasteiger partial charge in [-0.05, 0) is 66.0 Å². The zero-order valence-electron chi connectivity index (χ0n) is 24.2. The molecule has 2 unspecified atom stereocenters. The summed E-state index contributed by atoms with van der Waals surface area (Å²) >= 11 is 0. The summed E-state index contributed by atoms with van der Waals surface area (Å²) in [5.41, 5.74) is 1.84. The zero-order chi connectivity index (χ0) is 29.4. The van der Waals surface area contributed by atoms with E-state index in [1.165, 1.54) is 23.4 Å². The number of alkyl halides is 3. The third kappa shape index (κ3) is 6.81. The molecule has 0 saturated carbocycles. The van der Waals surface area contributed by atoms with Crippen LogP contribution < -0.4 is 10.2 Å². The molecule has 3 heterocycles. The fourth-order valence-electron chi connectivity index (χ4n) is 6.54. The van der Waals surface area contributed by atoms with Gasteiger partial charge in [-0.15, -0.1) is 0 Å². The lowest BCUT2D eigenvalue weighted by Gasteiger charge is -2.33. The highest BCUT2D eigenvalue weighted by atomic mass is 19.4. The molecule has 9 heteroatoms. The number of hydrogen-bond acceptors (Lipinski definition) is 5. The fourth-order valence-corrected chi connectivity index (χ4v) is 6.54. The number of hydrogen-bond donors (Lipinski definition) is 1. The Morgan fingerprint density at radius 3 is 2.17 bits per heavy atom. The average molecular weight is 568 g/mol. The maximum Gasteiger partial charge on any atom is 0.417 e. The number of fused-ring (bicyclic) bond motifs is 1. The van der Waals surface area contributed by atoms with Crippen LogP contribution in [-0.2, 0) is 16.4 Å². The molecule has 2 aromatic carbocycles. The van der Waals surface area contributed by atoms with Gasteiger partial charge in [0.15, 0.2) is 0 Å². The number of halogens is 3. The largest absolute Gasteiger partial charge is 0.417 e. The van der Waals surface area contributed by atoms with Gasteiger partial charge in [0.1, 0.15) is 0 Å². The Morgan fingerprint density at radius 1 is 0.976 bits per heavy atom. The molecule has 0 spiro atoms. The Kier molecular flexibility index (Phi) is 8.24. The van der Waals surface area contributed by atoms with Crippen LogP contribution in [0.5, 0.6) is 0 Å². The first-order chi connectivity index (χ1) is 19.4. The first-order valence-corrected chi connectivity index (χ1v) is 14.6. The van der Waals surface area contributed by atoms with Crippen molar-refractivity contribution in [3.8, 4) is 6.07 Å². The Labute approximate surface area is 241 Å². The van der Waals surface area contributed by atoms with Gasteiger partial charge in [0, 0.05) is 69.7 Å². The second-order valence-electron chi connectivity index (χ2n) is 12.9. The third-order valence-corrected chi connectivity index (χ3v) is 8.97. The minimum absolute atomic E-state index is 0.0152. The van der Waals surface area contributed by atoms with Crippen LogP contribution in [-0.4, -0.2) is 67.6 Å². The standard InChI is InChI=1S/C32H40F3N5O/c1-31(2,3)25-5-8-28(9-6-25)40-20-23-18-38(19-24(23)21-40)13-12-30(41)39-14-10-26(11-15-39)37-27-7-4-22(17-36)29(16-27)32(33,34)35/h4-9,16,23-24,26,37H,10-15,18-21H2,1-3H3. The van der Waals surface area contributed by atoms with Crippen LogP contribution in [0.4, 0.5) is 24.5 Å². The molecule has 6 nitrogen and oxygen atoms in total. The van der Waals surface area contributed by atoms with Crippen molar-refractivity contribution in [3.63, 3.8) is 0 Å². The third-order valence-electron chi connectivity index (χ3n) is 8.97. The number of amides is 1. The predicted molar refractivity (Wildman–Crippen MR) is 155 cm³/mol. The van der Waals surface area contributed by atoms with Gasteiger partial charge in [0.2, 0.25) is 5.91 Å². The van der Waals surface area contributed by atoms with E-state index in [1.807, 2.05) is 4.90 Å². The minimum atomic E-state index is -4.58. The normalized spacial score (nSPS) is 22.1. The van der Waals surface area contributed by atoms with Crippen molar-refractivity contribution in [2.45, 2.75) is 57.7 Å². The van der Waals surface area contributed by atoms with E-state index in [1.54, 1.807) is 6.07 Å². The second kappa shape index (κ2) is 11.6. The Bertz CT molecular complexity index is 1260. The van der Waals surface area contributed by atoms with Crippen LogP contribution in [0.1, 0.15) is 56.7 Å². The number of benzene rings is 2. The number of piperidine rings is 1. The van der Waals surface area contributed by atoms with E-state index in [-0.39, 0.29) is 22.9 Å². The lowest BCUT2D eigenvalue weighted by molar-refractivity contribution is -0.137. The molecule has 41 heavy (non-hydrogen) atoms. The minimum Gasteiger partial charge on any atom is -0.382 e. The first-order valence-electron chi connectivity index (χ1n) is 14.6. The summed E-state index contributed by atoms with van der Waals surface area (Å²) in [4.78, 5) is 19.8. The van der Waals surface area contributed by atoms with E-state index in [4.69, 9.17) is 5.26 Å². The summed E-state index contributed by atoms with van der Waals surface area (Å²) in [6.45, 7) is 12.9. The van der Waals surface area contributed by atoms with Crippen molar-refractivity contribution in [2.75, 3.05) is 56.0 Å². The number of carbonyl (C=O) groups is 1. The van der Waals surface area contributed by atoms with Gasteiger partial charge >= 0.3 is 6.18 Å². The molecule has 0 radical (unpaired) electrons. The van der Waals surface area contributed by atoms with E-state index in [0.717, 1.165) is 38.8 Å². The van der Waals surface area contributed by atoms with Crippen LogP contribution in [0, 0.1) is 23.2 Å². The van der Waals surface area contributed by atoms with Gasteiger partial charge in [-0.2, -0.15) is 18.4 Å². The van der Waals surface area contributed by atoms with E-state index in [2.05, 4.69) is 60.2 Å². The highest BCUT2D eigenvalue weighted by Gasteiger charge is 2.40. The van der Waals surface area contributed by atoms with Crippen LogP contribution in [0.3, 0.4) is 0 Å². The lowest BCUT2D eigenvalue weighted by Crippen LogP contribution is -2.43. The number of anilines is 2. The zero-order valence-corrected chi connectivity index (χ0v) is 24.2. The smallest absolute Gasteiger partial charge is 0.382 e. The van der Waals surface area contributed by atoms with Crippen molar-refractivity contribution in [2.24, 2.45) is 11.8 Å². The number of likely N-dealkylation sites (tertiary alicyclic amines) is 2. The van der Waals surface area contributed by atoms with Crippen LogP contribution in [0.25, 0.3) is 0 Å². The van der Waals surface area contributed by atoms with Crippen LogP contribution in [0.2, 0.25) is 0 Å². The molecule has 3 saturated heterocycles. The number of nitrogens with zero attached hydrogens (tertiary/aromatic N) is 4. The van der Waals surface area contributed by atoms with Crippen molar-refractivity contribution in [1.29, 1.82) is 5.26 Å². The second-order valence-corrected chi connectivity index (χ2v) is 12.9. The molecule has 0 aliphatic carbocycles. The number of rotatable bonds is 6. The van der Waals surface area contributed by atoms with E-state index < -0.39 is 11.7 Å². The summed E-state index contributed by atoms with van der Waals surface area (Å²) in [6, 6.07) is 14.3. The lowest BCUT2D eigenvalue weighted by atomic mass is 9.87. The SMILES string of the molecule is CC(C)(C)c1ccc(N2CC3CN(CCC(=O)N4CCC(Nc5ccc(C#N)c(C(F)(F)F)c5)CC4)CC3C2)cc1. The molecule has 2 aromatic rings. The van der Waals surface area contributed by atoms with Crippen molar-refractivity contribution < 1.29 is 18.0 Å². The number of nitriles is 1. The Hall–Kier alpha value is -3.25. The van der Waals surface area contributed by atoms with Gasteiger partial charge in [0.25, 0.3) is 0 Å². The Balaban J connectivity index is 1.04. The number of carbonyl (C=O) groups excluding carboxylic acids is 1. The molecule has 0 bridgehead atoms. The van der Waals surface area contributed by atoms with Gasteiger partial charge in [-0.25, -0.2) is 0 Å². The summed E-state index contributed by atoms with van der Waals surface area (Å²) in [5, 5.41) is 12.2. The van der Waals surface area contributed by atoms with Crippen molar-refractivity contribution in [1.82, 2.24) is 9.80 Å². The maximum atomic E-state index is 13.3. The quantitative estimate of drug-likeness (QED) is 0.483. The average Bonchev–Trinajstić information content (AvgIpc) is 3.50. The van der Waals surface area contributed by atoms with Crippen LogP contribution in [0.15, 0.2) is 42.5 Å². The summed E-state index contributed by atoms with van der Waals surface area (Å²) in [7, 11) is 0. The highest BCUT2D eigenvalue weighted by molar-refractivity contribution is 5.76. The first kappa shape index (κ1) is 29.2. The summed E-state index contributed by atoms with van der Waals surface area (Å²) in [5.74, 6) is 1.42. The molecule has 1 N–H and O–H groups in total. The molecule has 1 amide bonds. The van der Waals surface area contributed by atoms with E-state index in [0.29, 0.717) is 49.9 Å². The molecule has 3 aliphatic heterocycles. The van der Waals surface area contributed by atoms with Crippen molar-refractivity contribution >= 4 is 17.3 Å². The molecular weight excluding hydrogens is 527 g/mol. The molecule has 0 aromatic heterocycles. The van der Waals surface area contributed by atoms with Crippen LogP contribution >= 0.6 is 0 Å². The monoisotopic (exact) mass is 567 g/mol. The van der Waals surface area contributed by atoms with E-state index >= 15 is 0 Å². The molecule has 3 fully saturated rings. The van der Waals surface area contributed by atoms with Gasteiger partial charge in [0.05, 0.1) is 17.2 Å². The van der Waals surface area contributed by atoms with Crippen molar-refractivity contribution in [3.05, 3.63) is 59.2 Å². The van der Waals surface area contributed by atoms with Gasteiger partial charge in [-0.3, -0.25) is 4.79 Å². The predicted octanol–water partition coefficient (Wildman–Crippen LogP) is 5.74. The molecule has 220 valence electrons. The topological polar surface area (TPSA) is 62.6 Å². The summed E-state index contributed by atoms with van der Waals surface area (Å²) in [6.07, 6.45) is -2.73. The van der Waals surface area contributed by atoms with Gasteiger partial charge in [-0.1, -0.05) is 32.9 Å². The molecule has 5 rings (SSSR count). The highest BCUT2D eigenvalue weighted by Crippen LogP contribution is 2.36. The molecule has 3 aliphatic rings. The summed E-state index contributed by atoms with van der Waals surface area (Å²) < 4.78 is 39.9. The van der Waals surface area contributed by atoms with E-state index in [9.17, 15) is 18.0 Å².